The van der Waals surface area contributed by atoms with Gasteiger partial charge in [-0.15, -0.1) is 0 Å². The summed E-state index contributed by atoms with van der Waals surface area (Å²) in [7, 11) is 6.11. The molecule has 1 aliphatic carbocycles. The molecule has 0 aromatic heterocycles. The molecular weight excluding hydrogens is 733 g/mol. The lowest BCUT2D eigenvalue weighted by Gasteiger charge is -2.59. The Bertz CT molecular complexity index is 1840. The maximum atomic E-state index is 16.6. The van der Waals surface area contributed by atoms with Crippen LogP contribution in [0.15, 0.2) is 97.1 Å². The fraction of sp³-hybridized carbons (Fsp3) is 0.458. The van der Waals surface area contributed by atoms with Crippen molar-refractivity contribution in [3.63, 3.8) is 0 Å². The third-order valence-electron chi connectivity index (χ3n) is 11.9. The average Bonchev–Trinajstić information content (AvgIpc) is 3.21. The molecule has 4 aromatic carbocycles. The number of nitrogens with zero attached hydrogens (tertiary/aromatic N) is 1. The molecule has 4 N–H and O–H groups in total. The minimum Gasteiger partial charge on any atom is -0.496 e. The second-order valence-corrected chi connectivity index (χ2v) is 17.6. The number of amides is 2. The van der Waals surface area contributed by atoms with Crippen molar-refractivity contribution in [1.29, 1.82) is 0 Å². The topological polar surface area (TPSA) is 141 Å². The first-order chi connectivity index (χ1) is 27.4. The number of benzene rings is 4. The van der Waals surface area contributed by atoms with Gasteiger partial charge in [0.05, 0.1) is 40.5 Å². The van der Waals surface area contributed by atoms with Crippen molar-refractivity contribution >= 4 is 11.8 Å². The first-order valence-electron chi connectivity index (χ1n) is 20.0. The number of rotatable bonds is 14. The Morgan fingerprint density at radius 2 is 0.828 bits per heavy atom. The van der Waals surface area contributed by atoms with E-state index in [-0.39, 0.29) is 12.8 Å². The highest BCUT2D eigenvalue weighted by Gasteiger charge is 2.64. The van der Waals surface area contributed by atoms with Crippen molar-refractivity contribution in [1.82, 2.24) is 4.90 Å². The van der Waals surface area contributed by atoms with Crippen LogP contribution in [0.5, 0.6) is 23.0 Å². The lowest BCUT2D eigenvalue weighted by Crippen LogP contribution is -2.71. The Labute approximate surface area is 344 Å². The lowest BCUT2D eigenvalue weighted by atomic mass is 9.62. The highest BCUT2D eigenvalue weighted by atomic mass is 16.5. The average molecular weight is 795 g/mol. The van der Waals surface area contributed by atoms with Gasteiger partial charge in [0.15, 0.2) is 0 Å². The zero-order valence-corrected chi connectivity index (χ0v) is 35.8. The van der Waals surface area contributed by atoms with Gasteiger partial charge in [0, 0.05) is 22.3 Å². The van der Waals surface area contributed by atoms with Gasteiger partial charge in [0.2, 0.25) is 11.8 Å². The first kappa shape index (κ1) is 44.1. The Morgan fingerprint density at radius 3 is 1.07 bits per heavy atom. The fourth-order valence-electron chi connectivity index (χ4n) is 9.56. The van der Waals surface area contributed by atoms with E-state index in [9.17, 15) is 15.0 Å². The predicted molar refractivity (Wildman–Crippen MR) is 226 cm³/mol. The second-order valence-electron chi connectivity index (χ2n) is 17.6. The van der Waals surface area contributed by atoms with Crippen molar-refractivity contribution < 1.29 is 38.7 Å². The molecule has 1 fully saturated rings. The molecule has 58 heavy (non-hydrogen) atoms. The van der Waals surface area contributed by atoms with Crippen LogP contribution in [0.3, 0.4) is 0 Å². The van der Waals surface area contributed by atoms with Crippen LogP contribution in [0, 0.1) is 16.2 Å². The zero-order valence-electron chi connectivity index (χ0n) is 35.8. The summed E-state index contributed by atoms with van der Waals surface area (Å²) in [6.07, 6.45) is 2.42. The molecule has 0 bridgehead atoms. The first-order valence-corrected chi connectivity index (χ1v) is 20.0. The highest BCUT2D eigenvalue weighted by Crippen LogP contribution is 2.56. The molecule has 5 rings (SSSR count). The molecular formula is C48H62N2O8. The van der Waals surface area contributed by atoms with Crippen molar-refractivity contribution in [2.75, 3.05) is 28.4 Å². The number of carbonyl (C=O) groups is 2. The maximum Gasteiger partial charge on any atom is 0.239 e. The molecule has 0 saturated heterocycles. The van der Waals surface area contributed by atoms with E-state index in [1.54, 1.807) is 77.7 Å². The summed E-state index contributed by atoms with van der Waals surface area (Å²) in [6, 6.07) is 26.0. The van der Waals surface area contributed by atoms with Gasteiger partial charge in [-0.2, -0.15) is 0 Å². The van der Waals surface area contributed by atoms with E-state index in [4.69, 9.17) is 24.7 Å². The van der Waals surface area contributed by atoms with E-state index in [2.05, 4.69) is 0 Å². The van der Waals surface area contributed by atoms with E-state index in [0.717, 1.165) is 6.42 Å². The summed E-state index contributed by atoms with van der Waals surface area (Å²) in [5.41, 5.74) is -0.169. The molecule has 0 radical (unpaired) electrons. The fourth-order valence-corrected chi connectivity index (χ4v) is 9.56. The molecule has 0 spiro atoms. The van der Waals surface area contributed by atoms with Gasteiger partial charge in [-0.1, -0.05) is 134 Å². The maximum absolute atomic E-state index is 16.6. The van der Waals surface area contributed by atoms with Gasteiger partial charge in [0.1, 0.15) is 39.6 Å². The third kappa shape index (κ3) is 7.64. The molecule has 312 valence electrons. The molecule has 4 aromatic rings. The number of carbonyl (C=O) groups excluding carboxylic acids is 2. The molecule has 1 aliphatic rings. The van der Waals surface area contributed by atoms with E-state index in [1.165, 1.54) is 28.4 Å². The molecule has 1 saturated carbocycles. The van der Waals surface area contributed by atoms with E-state index >= 15 is 4.79 Å². The highest BCUT2D eigenvalue weighted by molar-refractivity contribution is 6.05. The Balaban J connectivity index is 2.10. The molecule has 10 heteroatoms. The summed E-state index contributed by atoms with van der Waals surface area (Å²) < 4.78 is 24.0. The molecule has 10 nitrogen and oxygen atoms in total. The van der Waals surface area contributed by atoms with Gasteiger partial charge in [-0.25, -0.2) is 0 Å². The monoisotopic (exact) mass is 794 g/mol. The molecule has 0 heterocycles. The summed E-state index contributed by atoms with van der Waals surface area (Å²) in [4.78, 5) is 32.3. The Morgan fingerprint density at radius 1 is 0.552 bits per heavy atom. The number of primary amides is 1. The summed E-state index contributed by atoms with van der Waals surface area (Å²) >= 11 is 0. The van der Waals surface area contributed by atoms with Crippen LogP contribution in [-0.2, 0) is 20.8 Å². The number of ether oxygens (including phenoxy) is 4. The van der Waals surface area contributed by atoms with E-state index < -0.39 is 51.3 Å². The van der Waals surface area contributed by atoms with E-state index in [0.29, 0.717) is 58.1 Å². The number of hydrogen-bond acceptors (Lipinski definition) is 8. The standard InChI is InChI=1S/C48H62N2O8/c1-44(2,3)40(47(53,32-22-12-16-26-36(32)55-7)33-23-13-17-27-37(33)56-8)50(43(52)46(42(49)51)30-20-11-21-31-46)41(45(4,5)6)48(54,34-24-14-18-28-38(34)57-9)35-25-15-19-29-39(35)58-10/h12-19,22-29,40-41,53-54H,11,20-21,30-31H2,1-10H3,(H2,49,51)/t40-,41-/m1/s1. The van der Waals surface area contributed by atoms with Crippen LogP contribution in [-0.4, -0.2) is 67.5 Å². The number of aliphatic hydroxyl groups is 2. The largest absolute Gasteiger partial charge is 0.496 e. The molecule has 2 amide bonds. The van der Waals surface area contributed by atoms with Crippen LogP contribution < -0.4 is 24.7 Å². The zero-order chi connectivity index (χ0) is 42.7. The molecule has 0 aliphatic heterocycles. The van der Waals surface area contributed by atoms with Crippen LogP contribution in [0.1, 0.15) is 95.9 Å². The smallest absolute Gasteiger partial charge is 0.239 e. The van der Waals surface area contributed by atoms with Crippen LogP contribution >= 0.6 is 0 Å². The van der Waals surface area contributed by atoms with Gasteiger partial charge >= 0.3 is 0 Å². The van der Waals surface area contributed by atoms with E-state index in [1.807, 2.05) is 65.8 Å². The van der Waals surface area contributed by atoms with Crippen molar-refractivity contribution in [3.8, 4) is 23.0 Å². The predicted octanol–water partition coefficient (Wildman–Crippen LogP) is 7.99. The number of nitrogens with two attached hydrogens (primary N) is 1. The Hall–Kier alpha value is -5.06. The van der Waals surface area contributed by atoms with Crippen LogP contribution in [0.2, 0.25) is 0 Å². The van der Waals surface area contributed by atoms with Gasteiger partial charge in [-0.3, -0.25) is 9.59 Å². The van der Waals surface area contributed by atoms with Crippen LogP contribution in [0.4, 0.5) is 0 Å². The van der Waals surface area contributed by atoms with Crippen molar-refractivity contribution in [3.05, 3.63) is 119 Å². The second kappa shape index (κ2) is 17.0. The Kier molecular flexibility index (Phi) is 12.9. The summed E-state index contributed by atoms with van der Waals surface area (Å²) in [6.45, 7) is 11.6. The molecule has 0 unspecified atom stereocenters. The van der Waals surface area contributed by atoms with Gasteiger partial charge in [0.25, 0.3) is 0 Å². The van der Waals surface area contributed by atoms with Gasteiger partial charge < -0.3 is 39.8 Å². The minimum atomic E-state index is -2.13. The summed E-state index contributed by atoms with van der Waals surface area (Å²) in [5.74, 6) is 0.0900. The SMILES string of the molecule is COc1ccccc1C(O)(c1ccccc1OC)[C@H](N(C(=O)C1(C(N)=O)CCCCC1)[C@H](C(C)(C)C)C(O)(c1ccccc1OC)c1ccccc1OC)C(C)(C)C. The lowest BCUT2D eigenvalue weighted by molar-refractivity contribution is -0.186. The number of para-hydroxylation sites is 4. The minimum absolute atomic E-state index is 0.203. The third-order valence-corrected chi connectivity index (χ3v) is 11.9. The number of methoxy groups -OCH3 is 4. The quantitative estimate of drug-likeness (QED) is 0.109. The number of hydrogen-bond donors (Lipinski definition) is 3. The van der Waals surface area contributed by atoms with Crippen molar-refractivity contribution in [2.45, 2.75) is 96.9 Å². The normalized spacial score (nSPS) is 15.8. The van der Waals surface area contributed by atoms with Crippen molar-refractivity contribution in [2.24, 2.45) is 22.0 Å². The molecule has 2 atom stereocenters. The summed E-state index contributed by atoms with van der Waals surface area (Å²) in [5, 5.41) is 28.7. The van der Waals surface area contributed by atoms with Crippen LogP contribution in [0.25, 0.3) is 0 Å². The van der Waals surface area contributed by atoms with Gasteiger partial charge in [-0.05, 0) is 47.9 Å².